The molecule has 4 heteroatoms. The van der Waals surface area contributed by atoms with Crippen molar-refractivity contribution in [1.82, 2.24) is 0 Å². The lowest BCUT2D eigenvalue weighted by molar-refractivity contribution is -0.145. The molecule has 0 aliphatic carbocycles. The molecule has 0 aliphatic heterocycles. The molecular formula is C14H20O4. The zero-order chi connectivity index (χ0) is 13.5. The van der Waals surface area contributed by atoms with Gasteiger partial charge in [0.2, 0.25) is 0 Å². The van der Waals surface area contributed by atoms with Crippen molar-refractivity contribution in [2.45, 2.75) is 45.3 Å². The summed E-state index contributed by atoms with van der Waals surface area (Å²) in [5.74, 6) is -0.433. The van der Waals surface area contributed by atoms with E-state index < -0.39 is 18.2 Å². The molecule has 0 saturated heterocycles. The Hall–Kier alpha value is -1.55. The Balaban J connectivity index is 2.70. The summed E-state index contributed by atoms with van der Waals surface area (Å²) in [4.78, 5) is 11.0. The first kappa shape index (κ1) is 14.5. The Morgan fingerprint density at radius 3 is 2.33 bits per heavy atom. The van der Waals surface area contributed by atoms with Gasteiger partial charge in [0.1, 0.15) is 5.75 Å². The number of aliphatic carboxylic acids is 1. The quantitative estimate of drug-likeness (QED) is 0.783. The van der Waals surface area contributed by atoms with Gasteiger partial charge >= 0.3 is 5.97 Å². The number of carboxylic acids is 1. The second-order valence-corrected chi connectivity index (χ2v) is 4.23. The third-order valence-corrected chi connectivity index (χ3v) is 2.76. The molecule has 18 heavy (non-hydrogen) atoms. The average molecular weight is 252 g/mol. The highest BCUT2D eigenvalue weighted by Crippen LogP contribution is 2.21. The molecule has 0 radical (unpaired) electrons. The highest BCUT2D eigenvalue weighted by molar-refractivity contribution is 5.72. The molecule has 4 nitrogen and oxygen atoms in total. The van der Waals surface area contributed by atoms with Crippen LogP contribution in [0.15, 0.2) is 24.3 Å². The van der Waals surface area contributed by atoms with Crippen molar-refractivity contribution < 1.29 is 19.7 Å². The first-order valence-electron chi connectivity index (χ1n) is 6.26. The summed E-state index contributed by atoms with van der Waals surface area (Å²) in [5.41, 5.74) is 0.812. The standard InChI is InChI=1S/C14H20O4/c1-3-5-13(14(16)17)18-11-8-6-10(7-9-11)12(15)4-2/h6-9,12-13,15H,3-5H2,1-2H3,(H,16,17)/t12-,13?/m0/s1. The molecule has 2 N–H and O–H groups in total. The Kier molecular flexibility index (Phi) is 5.65. The van der Waals surface area contributed by atoms with E-state index >= 15 is 0 Å². The van der Waals surface area contributed by atoms with Crippen LogP contribution in [0.5, 0.6) is 5.75 Å². The maximum absolute atomic E-state index is 11.0. The molecule has 0 heterocycles. The van der Waals surface area contributed by atoms with Gasteiger partial charge in [-0.05, 0) is 30.5 Å². The van der Waals surface area contributed by atoms with Crippen LogP contribution in [0.1, 0.15) is 44.8 Å². The van der Waals surface area contributed by atoms with Crippen LogP contribution < -0.4 is 4.74 Å². The third-order valence-electron chi connectivity index (χ3n) is 2.76. The number of hydrogen-bond donors (Lipinski definition) is 2. The number of rotatable bonds is 7. The summed E-state index contributed by atoms with van der Waals surface area (Å²) in [7, 11) is 0. The molecule has 100 valence electrons. The van der Waals surface area contributed by atoms with Gasteiger partial charge in [-0.1, -0.05) is 32.4 Å². The highest BCUT2D eigenvalue weighted by atomic mass is 16.5. The third kappa shape index (κ3) is 4.04. The molecule has 1 rings (SSSR count). The summed E-state index contributed by atoms with van der Waals surface area (Å²) < 4.78 is 5.40. The van der Waals surface area contributed by atoms with Crippen LogP contribution in [-0.2, 0) is 4.79 Å². The van der Waals surface area contributed by atoms with Crippen LogP contribution >= 0.6 is 0 Å². The minimum Gasteiger partial charge on any atom is -0.479 e. The van der Waals surface area contributed by atoms with Crippen molar-refractivity contribution in [3.05, 3.63) is 29.8 Å². The van der Waals surface area contributed by atoms with Crippen LogP contribution in [0.3, 0.4) is 0 Å². The fraction of sp³-hybridized carbons (Fsp3) is 0.500. The second kappa shape index (κ2) is 7.01. The zero-order valence-electron chi connectivity index (χ0n) is 10.8. The fourth-order valence-electron chi connectivity index (χ4n) is 1.66. The topological polar surface area (TPSA) is 66.8 Å². The minimum absolute atomic E-state index is 0.481. The van der Waals surface area contributed by atoms with Gasteiger partial charge in [-0.25, -0.2) is 4.79 Å². The predicted molar refractivity (Wildman–Crippen MR) is 68.7 cm³/mol. The smallest absolute Gasteiger partial charge is 0.344 e. The van der Waals surface area contributed by atoms with Gasteiger partial charge in [-0.2, -0.15) is 0 Å². The summed E-state index contributed by atoms with van der Waals surface area (Å²) >= 11 is 0. The van der Waals surface area contributed by atoms with Crippen LogP contribution in [0.2, 0.25) is 0 Å². The van der Waals surface area contributed by atoms with Gasteiger partial charge in [0, 0.05) is 0 Å². The molecule has 0 aromatic heterocycles. The monoisotopic (exact) mass is 252 g/mol. The van der Waals surface area contributed by atoms with E-state index in [0.717, 1.165) is 12.0 Å². The average Bonchev–Trinajstić information content (AvgIpc) is 2.38. The number of aliphatic hydroxyl groups excluding tert-OH is 1. The van der Waals surface area contributed by atoms with E-state index in [0.29, 0.717) is 18.6 Å². The maximum atomic E-state index is 11.0. The Labute approximate surface area is 107 Å². The minimum atomic E-state index is -0.950. The molecule has 0 amide bonds. The molecule has 0 aliphatic rings. The van der Waals surface area contributed by atoms with Gasteiger partial charge < -0.3 is 14.9 Å². The van der Waals surface area contributed by atoms with Crippen molar-refractivity contribution in [1.29, 1.82) is 0 Å². The van der Waals surface area contributed by atoms with E-state index in [4.69, 9.17) is 9.84 Å². The normalized spacial score (nSPS) is 13.9. The largest absolute Gasteiger partial charge is 0.479 e. The molecular weight excluding hydrogens is 232 g/mol. The van der Waals surface area contributed by atoms with Crippen molar-refractivity contribution in [2.75, 3.05) is 0 Å². The first-order chi connectivity index (χ1) is 8.58. The van der Waals surface area contributed by atoms with Gasteiger partial charge in [0.05, 0.1) is 6.10 Å². The molecule has 0 fully saturated rings. The lowest BCUT2D eigenvalue weighted by atomic mass is 10.1. The van der Waals surface area contributed by atoms with Crippen LogP contribution in [0.25, 0.3) is 0 Å². The zero-order valence-corrected chi connectivity index (χ0v) is 10.8. The lowest BCUT2D eigenvalue weighted by Gasteiger charge is -2.15. The Morgan fingerprint density at radius 1 is 1.28 bits per heavy atom. The van der Waals surface area contributed by atoms with E-state index in [1.807, 2.05) is 13.8 Å². The molecule has 1 unspecified atom stereocenters. The van der Waals surface area contributed by atoms with Crippen LogP contribution in [-0.4, -0.2) is 22.3 Å². The summed E-state index contributed by atoms with van der Waals surface area (Å²) in [6.45, 7) is 3.82. The fourth-order valence-corrected chi connectivity index (χ4v) is 1.66. The molecule has 0 saturated carbocycles. The molecule has 1 aromatic rings. The van der Waals surface area contributed by atoms with E-state index in [1.165, 1.54) is 0 Å². The first-order valence-corrected chi connectivity index (χ1v) is 6.26. The molecule has 0 spiro atoms. The van der Waals surface area contributed by atoms with Crippen LogP contribution in [0, 0.1) is 0 Å². The van der Waals surface area contributed by atoms with E-state index in [9.17, 15) is 9.90 Å². The van der Waals surface area contributed by atoms with Gasteiger partial charge in [-0.3, -0.25) is 0 Å². The number of carbonyl (C=O) groups is 1. The number of carboxylic acid groups (broad SMARTS) is 1. The van der Waals surface area contributed by atoms with Crippen molar-refractivity contribution in [3.63, 3.8) is 0 Å². The predicted octanol–water partition coefficient (Wildman–Crippen LogP) is 2.76. The summed E-state index contributed by atoms with van der Waals surface area (Å²) in [6.07, 6.45) is 0.591. The second-order valence-electron chi connectivity index (χ2n) is 4.23. The van der Waals surface area contributed by atoms with Gasteiger partial charge in [0.15, 0.2) is 6.10 Å². The number of ether oxygens (including phenoxy) is 1. The molecule has 0 bridgehead atoms. The van der Waals surface area contributed by atoms with Crippen molar-refractivity contribution in [3.8, 4) is 5.75 Å². The molecule has 2 atom stereocenters. The highest BCUT2D eigenvalue weighted by Gasteiger charge is 2.18. The Bertz CT molecular complexity index is 372. The van der Waals surface area contributed by atoms with E-state index in [1.54, 1.807) is 24.3 Å². The number of benzene rings is 1. The summed E-state index contributed by atoms with van der Waals surface area (Å²) in [5, 5.41) is 18.6. The number of aliphatic hydroxyl groups is 1. The van der Waals surface area contributed by atoms with Gasteiger partial charge in [0.25, 0.3) is 0 Å². The van der Waals surface area contributed by atoms with Gasteiger partial charge in [-0.15, -0.1) is 0 Å². The van der Waals surface area contributed by atoms with Crippen molar-refractivity contribution in [2.24, 2.45) is 0 Å². The van der Waals surface area contributed by atoms with E-state index in [-0.39, 0.29) is 0 Å². The maximum Gasteiger partial charge on any atom is 0.344 e. The SMILES string of the molecule is CCCC(Oc1ccc([C@@H](O)CC)cc1)C(=O)O. The van der Waals surface area contributed by atoms with Crippen LogP contribution in [0.4, 0.5) is 0 Å². The van der Waals surface area contributed by atoms with E-state index in [2.05, 4.69) is 0 Å². The summed E-state index contributed by atoms with van der Waals surface area (Å²) in [6, 6.07) is 6.91. The number of hydrogen-bond acceptors (Lipinski definition) is 3. The Morgan fingerprint density at radius 2 is 1.89 bits per heavy atom. The lowest BCUT2D eigenvalue weighted by Crippen LogP contribution is -2.26. The van der Waals surface area contributed by atoms with Crippen molar-refractivity contribution >= 4 is 5.97 Å². The molecule has 1 aromatic carbocycles.